The quantitative estimate of drug-likeness (QED) is 0.256. The minimum atomic E-state index is 0. The van der Waals surface area contributed by atoms with Gasteiger partial charge in [-0.2, -0.15) is 5.10 Å². The van der Waals surface area contributed by atoms with Crippen LogP contribution in [-0.4, -0.2) is 60.4 Å². The number of rotatable bonds is 9. The fraction of sp³-hybridized carbons (Fsp3) is 0.778. The van der Waals surface area contributed by atoms with Crippen molar-refractivity contribution in [2.24, 2.45) is 10.9 Å². The first kappa shape index (κ1) is 22.2. The van der Waals surface area contributed by atoms with Crippen LogP contribution in [-0.2, 0) is 6.54 Å². The highest BCUT2D eigenvalue weighted by atomic mass is 127. The molecule has 1 aromatic rings. The number of guanidine groups is 1. The van der Waals surface area contributed by atoms with Gasteiger partial charge in [0.1, 0.15) is 0 Å². The summed E-state index contributed by atoms with van der Waals surface area (Å²) in [7, 11) is 4.32. The number of nitrogens with zero attached hydrogens (tertiary/aromatic N) is 4. The van der Waals surface area contributed by atoms with Crippen molar-refractivity contribution in [1.29, 1.82) is 0 Å². The van der Waals surface area contributed by atoms with Crippen LogP contribution in [0, 0.1) is 19.8 Å². The van der Waals surface area contributed by atoms with Gasteiger partial charge in [-0.05, 0) is 66.1 Å². The lowest BCUT2D eigenvalue weighted by molar-refractivity contribution is 0.271. The molecule has 7 heteroatoms. The van der Waals surface area contributed by atoms with E-state index in [0.29, 0.717) is 6.04 Å². The second kappa shape index (κ2) is 11.0. The van der Waals surface area contributed by atoms with Crippen LogP contribution in [0.15, 0.2) is 11.1 Å². The van der Waals surface area contributed by atoms with E-state index in [0.717, 1.165) is 50.2 Å². The zero-order valence-electron chi connectivity index (χ0n) is 16.4. The molecule has 1 saturated carbocycles. The third kappa shape index (κ3) is 7.52. The van der Waals surface area contributed by atoms with Crippen molar-refractivity contribution in [2.75, 3.05) is 33.7 Å². The molecule has 0 spiro atoms. The molecule has 1 unspecified atom stereocenters. The van der Waals surface area contributed by atoms with Gasteiger partial charge < -0.3 is 15.5 Å². The monoisotopic (exact) mass is 462 g/mol. The standard InChI is InChI=1S/C18H34N6.HI/c1-6-19-18(21-13-17(23(4)5)16-8-9-16)20-10-7-11-24-15(3)12-14(2)22-24;/h12,16-17H,6-11,13H2,1-5H3,(H2,19,20,21);1H. The van der Waals surface area contributed by atoms with E-state index in [9.17, 15) is 0 Å². The molecule has 6 nitrogen and oxygen atoms in total. The minimum absolute atomic E-state index is 0. The molecule has 0 bridgehead atoms. The number of hydrogen-bond donors (Lipinski definition) is 2. The van der Waals surface area contributed by atoms with Crippen molar-refractivity contribution in [3.8, 4) is 0 Å². The molecule has 1 aliphatic carbocycles. The van der Waals surface area contributed by atoms with E-state index >= 15 is 0 Å². The summed E-state index contributed by atoms with van der Waals surface area (Å²) >= 11 is 0. The molecular formula is C18H35IN6. The molecule has 0 amide bonds. The lowest BCUT2D eigenvalue weighted by Gasteiger charge is -2.23. The molecule has 1 heterocycles. The Labute approximate surface area is 169 Å². The van der Waals surface area contributed by atoms with Crippen LogP contribution in [0.4, 0.5) is 0 Å². The molecular weight excluding hydrogens is 427 g/mol. The molecule has 1 aliphatic rings. The normalized spacial score (nSPS) is 15.8. The topological polar surface area (TPSA) is 57.5 Å². The number of hydrogen-bond acceptors (Lipinski definition) is 3. The molecule has 0 aromatic carbocycles. The van der Waals surface area contributed by atoms with Gasteiger partial charge >= 0.3 is 0 Å². The fourth-order valence-electron chi connectivity index (χ4n) is 3.08. The van der Waals surface area contributed by atoms with Gasteiger partial charge in [0, 0.05) is 31.4 Å². The molecule has 1 aromatic heterocycles. The SMILES string of the molecule is CCNC(=NCC(C1CC1)N(C)C)NCCCn1nc(C)cc1C.I. The summed E-state index contributed by atoms with van der Waals surface area (Å²) in [6.45, 7) is 9.85. The highest BCUT2D eigenvalue weighted by molar-refractivity contribution is 14.0. The molecule has 25 heavy (non-hydrogen) atoms. The molecule has 144 valence electrons. The molecule has 1 fully saturated rings. The zero-order chi connectivity index (χ0) is 17.5. The molecule has 1 atom stereocenters. The minimum Gasteiger partial charge on any atom is -0.357 e. The third-order valence-corrected chi connectivity index (χ3v) is 4.55. The Morgan fingerprint density at radius 3 is 2.60 bits per heavy atom. The van der Waals surface area contributed by atoms with E-state index in [1.54, 1.807) is 0 Å². The molecule has 2 N–H and O–H groups in total. The third-order valence-electron chi connectivity index (χ3n) is 4.55. The van der Waals surface area contributed by atoms with Gasteiger partial charge in [-0.1, -0.05) is 0 Å². The van der Waals surface area contributed by atoms with Crippen LogP contribution < -0.4 is 10.6 Å². The fourth-order valence-corrected chi connectivity index (χ4v) is 3.08. The highest BCUT2D eigenvalue weighted by Gasteiger charge is 2.32. The van der Waals surface area contributed by atoms with Crippen molar-refractivity contribution >= 4 is 29.9 Å². The van der Waals surface area contributed by atoms with Crippen LogP contribution >= 0.6 is 24.0 Å². The Morgan fingerprint density at radius 2 is 2.08 bits per heavy atom. The predicted molar refractivity (Wildman–Crippen MR) is 116 cm³/mol. The number of aromatic nitrogens is 2. The van der Waals surface area contributed by atoms with Gasteiger partial charge in [-0.3, -0.25) is 9.67 Å². The number of aliphatic imine (C=N–C) groups is 1. The number of nitrogens with one attached hydrogen (secondary N) is 2. The van der Waals surface area contributed by atoms with Crippen molar-refractivity contribution in [3.63, 3.8) is 0 Å². The van der Waals surface area contributed by atoms with Gasteiger partial charge in [0.15, 0.2) is 5.96 Å². The molecule has 0 radical (unpaired) electrons. The van der Waals surface area contributed by atoms with Crippen molar-refractivity contribution < 1.29 is 0 Å². The van der Waals surface area contributed by atoms with Gasteiger partial charge in [-0.25, -0.2) is 0 Å². The van der Waals surface area contributed by atoms with Gasteiger partial charge in [-0.15, -0.1) is 24.0 Å². The van der Waals surface area contributed by atoms with Gasteiger partial charge in [0.25, 0.3) is 0 Å². The maximum Gasteiger partial charge on any atom is 0.191 e. The Bertz CT molecular complexity index is 534. The summed E-state index contributed by atoms with van der Waals surface area (Å²) in [5, 5.41) is 11.3. The average molecular weight is 462 g/mol. The summed E-state index contributed by atoms with van der Waals surface area (Å²) in [6.07, 6.45) is 3.74. The smallest absolute Gasteiger partial charge is 0.191 e. The first-order chi connectivity index (χ1) is 11.5. The van der Waals surface area contributed by atoms with E-state index in [1.807, 2.05) is 6.92 Å². The highest BCUT2D eigenvalue weighted by Crippen LogP contribution is 2.34. The Balaban J connectivity index is 0.00000312. The second-order valence-electron chi connectivity index (χ2n) is 7.02. The predicted octanol–water partition coefficient (Wildman–Crippen LogP) is 2.40. The maximum absolute atomic E-state index is 4.79. The molecule has 0 saturated heterocycles. The van der Waals surface area contributed by atoms with Gasteiger partial charge in [0.05, 0.1) is 12.2 Å². The zero-order valence-corrected chi connectivity index (χ0v) is 18.7. The molecule has 2 rings (SSSR count). The van der Waals surface area contributed by atoms with E-state index in [-0.39, 0.29) is 24.0 Å². The van der Waals surface area contributed by atoms with Crippen LogP contribution in [0.1, 0.15) is 37.6 Å². The van der Waals surface area contributed by atoms with E-state index < -0.39 is 0 Å². The van der Waals surface area contributed by atoms with Gasteiger partial charge in [0.2, 0.25) is 0 Å². The summed E-state index contributed by atoms with van der Waals surface area (Å²) in [5.74, 6) is 1.76. The lowest BCUT2D eigenvalue weighted by atomic mass is 10.2. The first-order valence-corrected chi connectivity index (χ1v) is 9.21. The van der Waals surface area contributed by atoms with E-state index in [2.05, 4.69) is 59.3 Å². The van der Waals surface area contributed by atoms with E-state index in [1.165, 1.54) is 18.5 Å². The summed E-state index contributed by atoms with van der Waals surface area (Å²) < 4.78 is 2.08. The second-order valence-corrected chi connectivity index (χ2v) is 7.02. The molecule has 0 aliphatic heterocycles. The number of likely N-dealkylation sites (N-methyl/N-ethyl adjacent to an activating group) is 1. The summed E-state index contributed by atoms with van der Waals surface area (Å²) in [4.78, 5) is 7.11. The Hall–Kier alpha value is -0.830. The number of aryl methyl sites for hydroxylation is 3. The maximum atomic E-state index is 4.79. The van der Waals surface area contributed by atoms with Crippen molar-refractivity contribution in [2.45, 2.75) is 52.6 Å². The van der Waals surface area contributed by atoms with Crippen molar-refractivity contribution in [1.82, 2.24) is 25.3 Å². The Morgan fingerprint density at radius 1 is 1.36 bits per heavy atom. The van der Waals surface area contributed by atoms with Crippen LogP contribution in [0.5, 0.6) is 0 Å². The number of halogens is 1. The van der Waals surface area contributed by atoms with Crippen molar-refractivity contribution in [3.05, 3.63) is 17.5 Å². The van der Waals surface area contributed by atoms with Crippen LogP contribution in [0.3, 0.4) is 0 Å². The lowest BCUT2D eigenvalue weighted by Crippen LogP contribution is -2.40. The van der Waals surface area contributed by atoms with Crippen LogP contribution in [0.2, 0.25) is 0 Å². The Kier molecular flexibility index (Phi) is 9.78. The summed E-state index contributed by atoms with van der Waals surface area (Å²) in [5.41, 5.74) is 2.32. The van der Waals surface area contributed by atoms with Crippen LogP contribution in [0.25, 0.3) is 0 Å². The van der Waals surface area contributed by atoms with E-state index in [4.69, 9.17) is 4.99 Å². The first-order valence-electron chi connectivity index (χ1n) is 9.21. The summed E-state index contributed by atoms with van der Waals surface area (Å²) in [6, 6.07) is 2.69. The largest absolute Gasteiger partial charge is 0.357 e. The average Bonchev–Trinajstić information content (AvgIpc) is 3.29.